The summed E-state index contributed by atoms with van der Waals surface area (Å²) in [5.74, 6) is 0.822. The first kappa shape index (κ1) is 10.5. The van der Waals surface area contributed by atoms with E-state index < -0.39 is 0 Å². The number of likely N-dealkylation sites (tertiary alicyclic amines) is 1. The summed E-state index contributed by atoms with van der Waals surface area (Å²) in [6, 6.07) is 0.858. The summed E-state index contributed by atoms with van der Waals surface area (Å²) in [5, 5.41) is 0. The molecule has 1 saturated heterocycles. The largest absolute Gasteiger partial charge is 0.294 e. The summed E-state index contributed by atoms with van der Waals surface area (Å²) in [4.78, 5) is 2.72. The molecule has 1 heteroatoms. The van der Waals surface area contributed by atoms with E-state index in [2.05, 4.69) is 39.5 Å². The van der Waals surface area contributed by atoms with Crippen LogP contribution in [-0.4, -0.2) is 23.0 Å². The molecule has 2 fully saturated rings. The molecule has 0 radical (unpaired) electrons. The van der Waals surface area contributed by atoms with E-state index in [1.54, 1.807) is 0 Å². The van der Waals surface area contributed by atoms with E-state index in [4.69, 9.17) is 0 Å². The maximum absolute atomic E-state index is 2.72. The fourth-order valence-electron chi connectivity index (χ4n) is 3.56. The second kappa shape index (κ2) is 2.98. The van der Waals surface area contributed by atoms with Crippen LogP contribution < -0.4 is 0 Å². The third-order valence-corrected chi connectivity index (χ3v) is 4.29. The first-order valence-electron chi connectivity index (χ1n) is 6.14. The summed E-state index contributed by atoms with van der Waals surface area (Å²) in [7, 11) is 0. The minimum Gasteiger partial charge on any atom is -0.294 e. The van der Waals surface area contributed by atoms with Crippen LogP contribution in [-0.2, 0) is 0 Å². The van der Waals surface area contributed by atoms with Gasteiger partial charge in [-0.3, -0.25) is 4.90 Å². The van der Waals surface area contributed by atoms with Gasteiger partial charge in [-0.05, 0) is 44.9 Å². The predicted octanol–water partition coefficient (Wildman–Crippen LogP) is 3.30. The number of rotatable bonds is 1. The second-order valence-electron chi connectivity index (χ2n) is 6.70. The third-order valence-electron chi connectivity index (χ3n) is 4.29. The fraction of sp³-hybridized carbons (Fsp3) is 1.00. The van der Waals surface area contributed by atoms with Crippen molar-refractivity contribution in [2.45, 2.75) is 65.5 Å². The Hall–Kier alpha value is -0.0400. The highest BCUT2D eigenvalue weighted by atomic mass is 15.3. The molecule has 0 bridgehead atoms. The smallest absolute Gasteiger partial charge is 0.0192 e. The zero-order valence-corrected chi connectivity index (χ0v) is 10.4. The summed E-state index contributed by atoms with van der Waals surface area (Å²) in [6.45, 7) is 13.2. The lowest BCUT2D eigenvalue weighted by atomic mass is 9.54. The van der Waals surface area contributed by atoms with Crippen molar-refractivity contribution in [2.24, 2.45) is 11.3 Å². The molecule has 14 heavy (non-hydrogen) atoms. The van der Waals surface area contributed by atoms with E-state index in [1.165, 1.54) is 25.8 Å². The van der Waals surface area contributed by atoms with Crippen molar-refractivity contribution in [3.63, 3.8) is 0 Å². The SMILES string of the molecule is CC(C)[C@@H]1N(C(C)(C)C)CC12CCC2. The third kappa shape index (κ3) is 1.32. The molecule has 2 rings (SSSR count). The molecule has 1 saturated carbocycles. The van der Waals surface area contributed by atoms with Gasteiger partial charge in [-0.2, -0.15) is 0 Å². The van der Waals surface area contributed by atoms with Gasteiger partial charge in [0.15, 0.2) is 0 Å². The van der Waals surface area contributed by atoms with Gasteiger partial charge < -0.3 is 0 Å². The molecule has 1 aliphatic carbocycles. The van der Waals surface area contributed by atoms with E-state index >= 15 is 0 Å². The Labute approximate surface area is 88.9 Å². The second-order valence-corrected chi connectivity index (χ2v) is 6.70. The maximum Gasteiger partial charge on any atom is 0.0192 e. The standard InChI is InChI=1S/C13H25N/c1-10(2)11-13(7-6-8-13)9-14(11)12(3,4)5/h10-11H,6-9H2,1-5H3/t11-/m0/s1. The topological polar surface area (TPSA) is 3.24 Å². The van der Waals surface area contributed by atoms with Crippen LogP contribution in [0.25, 0.3) is 0 Å². The van der Waals surface area contributed by atoms with Crippen molar-refractivity contribution in [3.05, 3.63) is 0 Å². The Balaban J connectivity index is 2.10. The van der Waals surface area contributed by atoms with Crippen molar-refractivity contribution in [2.75, 3.05) is 6.54 Å². The van der Waals surface area contributed by atoms with Crippen LogP contribution in [0, 0.1) is 11.3 Å². The van der Waals surface area contributed by atoms with E-state index in [-0.39, 0.29) is 0 Å². The minimum absolute atomic E-state index is 0.371. The molecular formula is C13H25N. The fourth-order valence-corrected chi connectivity index (χ4v) is 3.56. The molecule has 0 unspecified atom stereocenters. The Morgan fingerprint density at radius 3 is 2.07 bits per heavy atom. The quantitative estimate of drug-likeness (QED) is 0.620. The molecule has 1 nitrogen and oxygen atoms in total. The van der Waals surface area contributed by atoms with Crippen molar-refractivity contribution in [1.82, 2.24) is 4.90 Å². The Kier molecular flexibility index (Phi) is 2.23. The molecule has 2 aliphatic rings. The maximum atomic E-state index is 2.72. The lowest BCUT2D eigenvalue weighted by Crippen LogP contribution is -2.73. The number of hydrogen-bond acceptors (Lipinski definition) is 1. The van der Waals surface area contributed by atoms with Crippen LogP contribution in [0.15, 0.2) is 0 Å². The van der Waals surface area contributed by atoms with Gasteiger partial charge in [-0.1, -0.05) is 20.3 Å². The van der Waals surface area contributed by atoms with Crippen LogP contribution in [0.2, 0.25) is 0 Å². The van der Waals surface area contributed by atoms with Crippen molar-refractivity contribution in [3.8, 4) is 0 Å². The molecule has 82 valence electrons. The van der Waals surface area contributed by atoms with E-state index in [0.717, 1.165) is 17.4 Å². The lowest BCUT2D eigenvalue weighted by molar-refractivity contribution is -0.181. The summed E-state index contributed by atoms with van der Waals surface area (Å²) >= 11 is 0. The molecule has 0 aromatic carbocycles. The van der Waals surface area contributed by atoms with Gasteiger partial charge in [0, 0.05) is 18.1 Å². The highest BCUT2D eigenvalue weighted by Crippen LogP contribution is 2.57. The molecule has 0 N–H and O–H groups in total. The first-order chi connectivity index (χ1) is 6.37. The van der Waals surface area contributed by atoms with Crippen LogP contribution in [0.1, 0.15) is 53.9 Å². The average Bonchev–Trinajstić information content (AvgIpc) is 1.74. The van der Waals surface area contributed by atoms with Crippen LogP contribution in [0.5, 0.6) is 0 Å². The van der Waals surface area contributed by atoms with E-state index in [1.807, 2.05) is 0 Å². The number of nitrogens with zero attached hydrogens (tertiary/aromatic N) is 1. The minimum atomic E-state index is 0.371. The Morgan fingerprint density at radius 1 is 1.21 bits per heavy atom. The molecule has 1 heterocycles. The molecular weight excluding hydrogens is 170 g/mol. The van der Waals surface area contributed by atoms with Gasteiger partial charge in [0.1, 0.15) is 0 Å². The molecule has 1 aliphatic heterocycles. The summed E-state index contributed by atoms with van der Waals surface area (Å²) < 4.78 is 0. The van der Waals surface area contributed by atoms with Gasteiger partial charge in [-0.25, -0.2) is 0 Å². The highest BCUT2D eigenvalue weighted by molar-refractivity contribution is 5.12. The Bertz CT molecular complexity index is 220. The van der Waals surface area contributed by atoms with Crippen LogP contribution in [0.4, 0.5) is 0 Å². The Morgan fingerprint density at radius 2 is 1.79 bits per heavy atom. The van der Waals surface area contributed by atoms with E-state index in [9.17, 15) is 0 Å². The zero-order valence-electron chi connectivity index (χ0n) is 10.4. The van der Waals surface area contributed by atoms with Gasteiger partial charge in [0.25, 0.3) is 0 Å². The predicted molar refractivity (Wildman–Crippen MR) is 61.4 cm³/mol. The average molecular weight is 195 g/mol. The monoisotopic (exact) mass is 195 g/mol. The van der Waals surface area contributed by atoms with Crippen molar-refractivity contribution < 1.29 is 0 Å². The zero-order chi connectivity index (χ0) is 10.6. The van der Waals surface area contributed by atoms with Crippen LogP contribution in [0.3, 0.4) is 0 Å². The van der Waals surface area contributed by atoms with Gasteiger partial charge in [0.05, 0.1) is 0 Å². The number of hydrogen-bond donors (Lipinski definition) is 0. The molecule has 1 spiro atoms. The molecule has 0 amide bonds. The van der Waals surface area contributed by atoms with Crippen molar-refractivity contribution in [1.29, 1.82) is 0 Å². The van der Waals surface area contributed by atoms with Gasteiger partial charge in [-0.15, -0.1) is 0 Å². The van der Waals surface area contributed by atoms with E-state index in [0.29, 0.717) is 5.54 Å². The summed E-state index contributed by atoms with van der Waals surface area (Å²) in [6.07, 6.45) is 4.45. The molecule has 1 atom stereocenters. The first-order valence-corrected chi connectivity index (χ1v) is 6.14. The van der Waals surface area contributed by atoms with Crippen LogP contribution >= 0.6 is 0 Å². The molecule has 0 aromatic rings. The van der Waals surface area contributed by atoms with Gasteiger partial charge in [0.2, 0.25) is 0 Å². The lowest BCUT2D eigenvalue weighted by Gasteiger charge is -2.68. The molecule has 0 aromatic heterocycles. The normalized spacial score (nSPS) is 31.7. The highest BCUT2D eigenvalue weighted by Gasteiger charge is 2.58. The van der Waals surface area contributed by atoms with Crippen molar-refractivity contribution >= 4 is 0 Å². The summed E-state index contributed by atoms with van der Waals surface area (Å²) in [5.41, 5.74) is 1.11. The van der Waals surface area contributed by atoms with Gasteiger partial charge >= 0.3 is 0 Å².